The molecule has 0 spiro atoms. The van der Waals surface area contributed by atoms with Crippen LogP contribution in [0.5, 0.6) is 0 Å². The van der Waals surface area contributed by atoms with E-state index in [-0.39, 0.29) is 4.90 Å². The Morgan fingerprint density at radius 1 is 1.00 bits per heavy atom. The van der Waals surface area contributed by atoms with Crippen LogP contribution in [-0.2, 0) is 10.0 Å². The van der Waals surface area contributed by atoms with E-state index >= 15 is 0 Å². The molecule has 21 heavy (non-hydrogen) atoms. The average molecular weight is 307 g/mol. The summed E-state index contributed by atoms with van der Waals surface area (Å²) in [7, 11) is -3.90. The fourth-order valence-corrected chi connectivity index (χ4v) is 3.63. The van der Waals surface area contributed by atoms with Crippen LogP contribution < -0.4 is 4.31 Å². The molecule has 0 N–H and O–H groups in total. The molecular formula is C16H18FNO2S. The average Bonchev–Trinajstić information content (AvgIpc) is 2.49. The highest BCUT2D eigenvalue weighted by Crippen LogP contribution is 2.25. The third-order valence-corrected chi connectivity index (χ3v) is 5.02. The molecular weight excluding hydrogens is 289 g/mol. The summed E-state index contributed by atoms with van der Waals surface area (Å²) < 4.78 is 40.6. The number of unbranched alkanes of at least 4 members (excludes halogenated alkanes) is 1. The minimum Gasteiger partial charge on any atom is -0.266 e. The van der Waals surface area contributed by atoms with Crippen molar-refractivity contribution in [2.24, 2.45) is 0 Å². The Bertz CT molecular complexity index is 686. The molecule has 112 valence electrons. The van der Waals surface area contributed by atoms with E-state index in [0.29, 0.717) is 18.7 Å². The molecule has 0 atom stereocenters. The number of halogens is 1. The second kappa shape index (κ2) is 6.72. The van der Waals surface area contributed by atoms with E-state index in [1.807, 2.05) is 13.0 Å². The van der Waals surface area contributed by atoms with E-state index in [1.165, 1.54) is 22.5 Å². The quantitative estimate of drug-likeness (QED) is 0.813. The summed E-state index contributed by atoms with van der Waals surface area (Å²) in [5, 5.41) is 0. The van der Waals surface area contributed by atoms with Crippen LogP contribution in [0.15, 0.2) is 59.5 Å². The Balaban J connectivity index is 2.48. The summed E-state index contributed by atoms with van der Waals surface area (Å²) in [6.45, 7) is 2.32. The van der Waals surface area contributed by atoms with Gasteiger partial charge in [-0.05, 0) is 30.7 Å². The van der Waals surface area contributed by atoms with Gasteiger partial charge in [-0.2, -0.15) is 0 Å². The van der Waals surface area contributed by atoms with E-state index in [1.54, 1.807) is 24.3 Å². The first-order chi connectivity index (χ1) is 10.1. The van der Waals surface area contributed by atoms with Crippen molar-refractivity contribution in [3.8, 4) is 0 Å². The molecule has 0 aliphatic carbocycles. The molecule has 0 saturated heterocycles. The minimum atomic E-state index is -3.90. The molecule has 0 saturated carbocycles. The number of nitrogens with zero attached hydrogens (tertiary/aromatic N) is 1. The van der Waals surface area contributed by atoms with Crippen LogP contribution in [-0.4, -0.2) is 15.0 Å². The zero-order valence-electron chi connectivity index (χ0n) is 11.9. The number of para-hydroxylation sites is 1. The van der Waals surface area contributed by atoms with E-state index in [9.17, 15) is 12.8 Å². The zero-order valence-corrected chi connectivity index (χ0v) is 12.7. The van der Waals surface area contributed by atoms with Crippen molar-refractivity contribution in [1.82, 2.24) is 0 Å². The minimum absolute atomic E-state index is 0.287. The normalized spacial score (nSPS) is 11.3. The first-order valence-corrected chi connectivity index (χ1v) is 8.33. The summed E-state index contributed by atoms with van der Waals surface area (Å²) in [6, 6.07) is 14.3. The van der Waals surface area contributed by atoms with Gasteiger partial charge in [-0.3, -0.25) is 4.31 Å². The zero-order chi connectivity index (χ0) is 15.3. The molecule has 0 unspecified atom stereocenters. The number of hydrogen-bond acceptors (Lipinski definition) is 2. The molecule has 0 aromatic heterocycles. The van der Waals surface area contributed by atoms with Crippen molar-refractivity contribution in [2.45, 2.75) is 24.7 Å². The summed E-state index contributed by atoms with van der Waals surface area (Å²) in [5.41, 5.74) is 0.550. The molecule has 2 rings (SSSR count). The molecule has 2 aromatic carbocycles. The van der Waals surface area contributed by atoms with Crippen molar-refractivity contribution in [2.75, 3.05) is 10.8 Å². The molecule has 0 bridgehead atoms. The fraction of sp³-hybridized carbons (Fsp3) is 0.250. The standard InChI is InChI=1S/C16H18FNO2S/c1-2-3-13-18(14-9-5-4-6-10-14)21(19,20)16-12-8-7-11-15(16)17/h4-12H,2-3,13H2,1H3. The second-order valence-corrected chi connectivity index (χ2v) is 6.53. The van der Waals surface area contributed by atoms with E-state index in [2.05, 4.69) is 0 Å². The van der Waals surface area contributed by atoms with Crippen LogP contribution in [0.4, 0.5) is 10.1 Å². The maximum atomic E-state index is 13.9. The van der Waals surface area contributed by atoms with Gasteiger partial charge in [0, 0.05) is 6.54 Å². The molecule has 0 amide bonds. The van der Waals surface area contributed by atoms with E-state index < -0.39 is 15.8 Å². The van der Waals surface area contributed by atoms with Crippen LogP contribution in [0.2, 0.25) is 0 Å². The van der Waals surface area contributed by atoms with Gasteiger partial charge in [-0.1, -0.05) is 43.7 Å². The van der Waals surface area contributed by atoms with Gasteiger partial charge in [-0.15, -0.1) is 0 Å². The Labute approximate surface area is 125 Å². The topological polar surface area (TPSA) is 37.4 Å². The highest BCUT2D eigenvalue weighted by molar-refractivity contribution is 7.92. The van der Waals surface area contributed by atoms with Crippen molar-refractivity contribution in [3.63, 3.8) is 0 Å². The first-order valence-electron chi connectivity index (χ1n) is 6.89. The molecule has 0 fully saturated rings. The molecule has 0 radical (unpaired) electrons. The van der Waals surface area contributed by atoms with Crippen molar-refractivity contribution < 1.29 is 12.8 Å². The summed E-state index contributed by atoms with van der Waals surface area (Å²) >= 11 is 0. The third-order valence-electron chi connectivity index (χ3n) is 3.16. The maximum Gasteiger partial charge on any atom is 0.267 e. The number of anilines is 1. The monoisotopic (exact) mass is 307 g/mol. The lowest BCUT2D eigenvalue weighted by atomic mass is 10.3. The van der Waals surface area contributed by atoms with Crippen molar-refractivity contribution >= 4 is 15.7 Å². The van der Waals surface area contributed by atoms with Gasteiger partial charge in [0.05, 0.1) is 5.69 Å². The van der Waals surface area contributed by atoms with Gasteiger partial charge in [-0.25, -0.2) is 12.8 Å². The predicted octanol–water partition coefficient (Wildman–Crippen LogP) is 3.82. The predicted molar refractivity (Wildman–Crippen MR) is 82.3 cm³/mol. The number of benzene rings is 2. The lowest BCUT2D eigenvalue weighted by molar-refractivity contribution is 0.562. The van der Waals surface area contributed by atoms with Gasteiger partial charge in [0.25, 0.3) is 10.0 Å². The summed E-state index contributed by atoms with van der Waals surface area (Å²) in [5.74, 6) is -0.727. The highest BCUT2D eigenvalue weighted by Gasteiger charge is 2.27. The lowest BCUT2D eigenvalue weighted by Crippen LogP contribution is -2.32. The van der Waals surface area contributed by atoms with E-state index in [4.69, 9.17) is 0 Å². The summed E-state index contributed by atoms with van der Waals surface area (Å²) in [6.07, 6.45) is 1.57. The highest BCUT2D eigenvalue weighted by atomic mass is 32.2. The molecule has 0 aliphatic rings. The summed E-state index contributed by atoms with van der Waals surface area (Å²) in [4.78, 5) is -0.287. The third kappa shape index (κ3) is 3.42. The first kappa shape index (κ1) is 15.5. The van der Waals surface area contributed by atoms with Crippen molar-refractivity contribution in [3.05, 3.63) is 60.4 Å². The van der Waals surface area contributed by atoms with Gasteiger partial charge < -0.3 is 0 Å². The van der Waals surface area contributed by atoms with Crippen LogP contribution in [0, 0.1) is 5.82 Å². The molecule has 0 heterocycles. The van der Waals surface area contributed by atoms with Crippen LogP contribution in [0.1, 0.15) is 19.8 Å². The number of sulfonamides is 1. The smallest absolute Gasteiger partial charge is 0.266 e. The molecule has 5 heteroatoms. The molecule has 0 aliphatic heterocycles. The molecule has 2 aromatic rings. The lowest BCUT2D eigenvalue weighted by Gasteiger charge is -2.24. The van der Waals surface area contributed by atoms with Crippen LogP contribution in [0.3, 0.4) is 0 Å². The van der Waals surface area contributed by atoms with Gasteiger partial charge in [0.2, 0.25) is 0 Å². The van der Waals surface area contributed by atoms with Crippen LogP contribution in [0.25, 0.3) is 0 Å². The Morgan fingerprint density at radius 3 is 2.24 bits per heavy atom. The number of rotatable bonds is 6. The molecule has 3 nitrogen and oxygen atoms in total. The van der Waals surface area contributed by atoms with E-state index in [0.717, 1.165) is 12.5 Å². The second-order valence-electron chi connectivity index (χ2n) is 4.70. The van der Waals surface area contributed by atoms with Crippen LogP contribution >= 0.6 is 0 Å². The van der Waals surface area contributed by atoms with Gasteiger partial charge in [0.1, 0.15) is 10.7 Å². The largest absolute Gasteiger partial charge is 0.267 e. The van der Waals surface area contributed by atoms with Crippen molar-refractivity contribution in [1.29, 1.82) is 0 Å². The fourth-order valence-electron chi connectivity index (χ4n) is 2.06. The maximum absolute atomic E-state index is 13.9. The van der Waals surface area contributed by atoms with Gasteiger partial charge in [0.15, 0.2) is 0 Å². The Morgan fingerprint density at radius 2 is 1.62 bits per heavy atom. The Hall–Kier alpha value is -1.88. The Kier molecular flexibility index (Phi) is 4.96. The number of hydrogen-bond donors (Lipinski definition) is 0. The SMILES string of the molecule is CCCCN(c1ccccc1)S(=O)(=O)c1ccccc1F. The van der Waals surface area contributed by atoms with Gasteiger partial charge >= 0.3 is 0 Å².